The molecule has 0 saturated carbocycles. The maximum atomic E-state index is 13.5. The molecule has 1 aromatic heterocycles. The van der Waals surface area contributed by atoms with Gasteiger partial charge in [-0.15, -0.1) is 23.1 Å². The van der Waals surface area contributed by atoms with Crippen LogP contribution in [-0.4, -0.2) is 69.0 Å². The number of amides is 3. The molecule has 2 aliphatic rings. The van der Waals surface area contributed by atoms with Gasteiger partial charge in [-0.1, -0.05) is 33.8 Å². The molecular formula is C28H41N5O5S3. The van der Waals surface area contributed by atoms with Gasteiger partial charge < -0.3 is 20.7 Å². The molecule has 1 aromatic rings. The van der Waals surface area contributed by atoms with E-state index in [-0.39, 0.29) is 60.2 Å². The highest BCUT2D eigenvalue weighted by molar-refractivity contribution is 8.14. The third-order valence-corrected chi connectivity index (χ3v) is 9.33. The summed E-state index contributed by atoms with van der Waals surface area (Å²) in [7, 11) is 0. The number of nitrogens with one attached hydrogen (secondary N) is 3. The van der Waals surface area contributed by atoms with Crippen LogP contribution in [0, 0.1) is 17.8 Å². The molecule has 0 aromatic carbocycles. The molecule has 2 aliphatic heterocycles. The lowest BCUT2D eigenvalue weighted by molar-refractivity contribution is -0.152. The third kappa shape index (κ3) is 9.31. The zero-order chi connectivity index (χ0) is 30.3. The molecule has 0 radical (unpaired) electrons. The molecule has 41 heavy (non-hydrogen) atoms. The summed E-state index contributed by atoms with van der Waals surface area (Å²) >= 11 is 6.89. The molecule has 3 rings (SSSR count). The van der Waals surface area contributed by atoms with Crippen molar-refractivity contribution < 1.29 is 23.9 Å². The van der Waals surface area contributed by atoms with Crippen molar-refractivity contribution in [3.05, 3.63) is 28.2 Å². The standard InChI is InChI=1S/C28H41N5O5S3/c1-15(2)9-20-26(36)38-18(7-8-19(16(3)4)17(5)30-23(35)12-39)10-22(34)29-11-24-31-21(13-40-24)25-33-28(6,14-41-25)27(37)32-20/h7-8,13,15-20,39H,9-12,14H2,1-6H3,(H,29,34)(H,30,35)(H,32,37). The number of carbonyl (C=O) groups excluding carboxylic acids is 4. The number of ether oxygens (including phenoxy) is 1. The number of cyclic esters (lactones) is 1. The van der Waals surface area contributed by atoms with Crippen LogP contribution < -0.4 is 16.0 Å². The molecule has 3 N–H and O–H groups in total. The number of thiazole rings is 1. The first-order valence-electron chi connectivity index (χ1n) is 13.9. The van der Waals surface area contributed by atoms with Gasteiger partial charge in [0.05, 0.1) is 18.7 Å². The number of esters is 1. The van der Waals surface area contributed by atoms with E-state index in [4.69, 9.17) is 4.74 Å². The molecule has 0 saturated heterocycles. The van der Waals surface area contributed by atoms with E-state index in [1.165, 1.54) is 23.1 Å². The molecule has 5 unspecified atom stereocenters. The highest BCUT2D eigenvalue weighted by Crippen LogP contribution is 2.32. The first kappa shape index (κ1) is 33.1. The van der Waals surface area contributed by atoms with Crippen LogP contribution in [-0.2, 0) is 30.5 Å². The summed E-state index contributed by atoms with van der Waals surface area (Å²) in [4.78, 5) is 61.1. The highest BCUT2D eigenvalue weighted by Gasteiger charge is 2.41. The van der Waals surface area contributed by atoms with E-state index in [0.717, 1.165) is 0 Å². The van der Waals surface area contributed by atoms with Crippen LogP contribution in [0.1, 0.15) is 65.1 Å². The lowest BCUT2D eigenvalue weighted by Gasteiger charge is -2.27. The normalized spacial score (nSPS) is 25.5. The number of hydrogen-bond donors (Lipinski definition) is 4. The second-order valence-electron chi connectivity index (χ2n) is 11.4. The van der Waals surface area contributed by atoms with Gasteiger partial charge in [0.1, 0.15) is 33.4 Å². The van der Waals surface area contributed by atoms with Crippen LogP contribution in [0.4, 0.5) is 0 Å². The quantitative estimate of drug-likeness (QED) is 0.198. The van der Waals surface area contributed by atoms with Gasteiger partial charge in [0, 0.05) is 17.2 Å². The fraction of sp³-hybridized carbons (Fsp3) is 0.643. The topological polar surface area (TPSA) is 139 Å². The van der Waals surface area contributed by atoms with Crippen molar-refractivity contribution >= 4 is 64.5 Å². The summed E-state index contributed by atoms with van der Waals surface area (Å²) in [5.74, 6) is -0.803. The van der Waals surface area contributed by atoms with E-state index >= 15 is 0 Å². The van der Waals surface area contributed by atoms with Gasteiger partial charge in [0.25, 0.3) is 0 Å². The minimum absolute atomic E-state index is 0.0766. The number of aromatic nitrogens is 1. The summed E-state index contributed by atoms with van der Waals surface area (Å²) in [5, 5.41) is 11.9. The number of thiol groups is 1. The Kier molecular flexibility index (Phi) is 11.9. The second-order valence-corrected chi connectivity index (χ2v) is 13.7. The Morgan fingerprint density at radius 1 is 1.27 bits per heavy atom. The Balaban J connectivity index is 1.92. The predicted molar refractivity (Wildman–Crippen MR) is 166 cm³/mol. The number of aliphatic imine (C=N–C) groups is 1. The lowest BCUT2D eigenvalue weighted by Crippen LogP contribution is -2.51. The second kappa shape index (κ2) is 14.7. The Morgan fingerprint density at radius 3 is 2.66 bits per heavy atom. The molecular weight excluding hydrogens is 583 g/mol. The maximum absolute atomic E-state index is 13.5. The minimum atomic E-state index is -1.05. The van der Waals surface area contributed by atoms with Crippen molar-refractivity contribution in [2.24, 2.45) is 22.7 Å². The molecule has 10 nitrogen and oxygen atoms in total. The summed E-state index contributed by atoms with van der Waals surface area (Å²) in [6, 6.07) is -1.11. The van der Waals surface area contributed by atoms with E-state index in [0.29, 0.717) is 27.9 Å². The average molecular weight is 624 g/mol. The van der Waals surface area contributed by atoms with Gasteiger partial charge >= 0.3 is 5.97 Å². The van der Waals surface area contributed by atoms with E-state index in [2.05, 4.69) is 38.6 Å². The number of carbonyl (C=O) groups is 4. The van der Waals surface area contributed by atoms with Crippen molar-refractivity contribution in [2.75, 3.05) is 11.5 Å². The SMILES string of the molecule is CC(C)CC1NC(=O)C2(C)CSC(=N2)c2csc(n2)CNC(=O)CC(C=CC(C(C)C)C(C)NC(=O)CS)OC1=O. The monoisotopic (exact) mass is 623 g/mol. The molecule has 4 bridgehead atoms. The van der Waals surface area contributed by atoms with Crippen molar-refractivity contribution in [2.45, 2.75) is 84.7 Å². The molecule has 3 heterocycles. The van der Waals surface area contributed by atoms with Crippen molar-refractivity contribution in [3.63, 3.8) is 0 Å². The summed E-state index contributed by atoms with van der Waals surface area (Å²) < 4.78 is 5.88. The first-order valence-corrected chi connectivity index (χ1v) is 16.3. The molecule has 13 heteroatoms. The lowest BCUT2D eigenvalue weighted by atomic mass is 9.88. The minimum Gasteiger partial charge on any atom is -0.456 e. The fourth-order valence-electron chi connectivity index (χ4n) is 4.66. The van der Waals surface area contributed by atoms with E-state index in [9.17, 15) is 19.2 Å². The number of thioether (sulfide) groups is 1. The zero-order valence-corrected chi connectivity index (χ0v) is 27.0. The van der Waals surface area contributed by atoms with Gasteiger partial charge in [-0.25, -0.2) is 9.78 Å². The highest BCUT2D eigenvalue weighted by atomic mass is 32.2. The van der Waals surface area contributed by atoms with Crippen molar-refractivity contribution in [1.29, 1.82) is 0 Å². The molecule has 0 spiro atoms. The van der Waals surface area contributed by atoms with Crippen LogP contribution in [0.5, 0.6) is 0 Å². The zero-order valence-electron chi connectivity index (χ0n) is 24.4. The van der Waals surface area contributed by atoms with Gasteiger partial charge in [-0.05, 0) is 44.1 Å². The van der Waals surface area contributed by atoms with E-state index in [1.807, 2.05) is 46.1 Å². The van der Waals surface area contributed by atoms with E-state index in [1.54, 1.807) is 13.0 Å². The number of hydrogen-bond acceptors (Lipinski definition) is 10. The van der Waals surface area contributed by atoms with Crippen LogP contribution >= 0.6 is 35.7 Å². The first-order chi connectivity index (χ1) is 19.3. The molecule has 3 amide bonds. The van der Waals surface area contributed by atoms with Gasteiger partial charge in [-0.3, -0.25) is 19.4 Å². The number of fused-ring (bicyclic) bond motifs is 4. The molecule has 226 valence electrons. The third-order valence-electron chi connectivity index (χ3n) is 6.91. The average Bonchev–Trinajstić information content (AvgIpc) is 3.53. The summed E-state index contributed by atoms with van der Waals surface area (Å²) in [6.45, 7) is 11.9. The molecule has 0 fully saturated rings. The Morgan fingerprint density at radius 2 is 2.00 bits per heavy atom. The van der Waals surface area contributed by atoms with Gasteiger partial charge in [0.2, 0.25) is 17.7 Å². The summed E-state index contributed by atoms with van der Waals surface area (Å²) in [5.41, 5.74) is -0.382. The number of rotatable bonds is 8. The predicted octanol–water partition coefficient (Wildman–Crippen LogP) is 3.12. The number of nitrogens with zero attached hydrogens (tertiary/aromatic N) is 2. The smallest absolute Gasteiger partial charge is 0.329 e. The molecule has 0 aliphatic carbocycles. The molecule has 5 atom stereocenters. The van der Waals surface area contributed by atoms with Gasteiger partial charge in [0.15, 0.2) is 0 Å². The van der Waals surface area contributed by atoms with Crippen LogP contribution in [0.25, 0.3) is 0 Å². The Labute approximate surface area is 255 Å². The van der Waals surface area contributed by atoms with Crippen molar-refractivity contribution in [1.82, 2.24) is 20.9 Å². The largest absolute Gasteiger partial charge is 0.456 e. The van der Waals surface area contributed by atoms with Crippen LogP contribution in [0.3, 0.4) is 0 Å². The van der Waals surface area contributed by atoms with Crippen LogP contribution in [0.15, 0.2) is 22.5 Å². The van der Waals surface area contributed by atoms with Gasteiger partial charge in [-0.2, -0.15) is 12.6 Å². The van der Waals surface area contributed by atoms with Crippen LogP contribution in [0.2, 0.25) is 0 Å². The Bertz CT molecular complexity index is 1180. The summed E-state index contributed by atoms with van der Waals surface area (Å²) in [6.07, 6.45) is 2.96. The van der Waals surface area contributed by atoms with Crippen molar-refractivity contribution in [3.8, 4) is 0 Å². The van der Waals surface area contributed by atoms with E-state index < -0.39 is 23.7 Å². The maximum Gasteiger partial charge on any atom is 0.329 e. The Hall–Kier alpha value is -2.38. The fourth-order valence-corrected chi connectivity index (χ4v) is 6.67.